The fraction of sp³-hybridized carbons (Fsp3) is 0.900. The van der Waals surface area contributed by atoms with E-state index in [1.165, 1.54) is 57.8 Å². The lowest BCUT2D eigenvalue weighted by Crippen LogP contribution is -2.51. The predicted molar refractivity (Wildman–Crippen MR) is 138 cm³/mol. The SMILES string of the molecule is CC(C)CCCC(C)C1CCC2C3CC=C4CC(OC(=O)CCCl)CCC4(C)C3CCC12C. The van der Waals surface area contributed by atoms with Crippen LogP contribution in [0.2, 0.25) is 0 Å². The molecular weight excluding hydrogens is 428 g/mol. The molecule has 0 spiro atoms. The van der Waals surface area contributed by atoms with Crippen LogP contribution < -0.4 is 0 Å². The molecule has 8 atom stereocenters. The Labute approximate surface area is 208 Å². The summed E-state index contributed by atoms with van der Waals surface area (Å²) in [6.07, 6.45) is 17.3. The van der Waals surface area contributed by atoms with E-state index in [1.54, 1.807) is 5.57 Å². The van der Waals surface area contributed by atoms with E-state index in [4.69, 9.17) is 16.3 Å². The largest absolute Gasteiger partial charge is 0.462 e. The van der Waals surface area contributed by atoms with Crippen molar-refractivity contribution < 1.29 is 9.53 Å². The Bertz CT molecular complexity index is 729. The van der Waals surface area contributed by atoms with E-state index in [2.05, 4.69) is 40.7 Å². The number of rotatable bonds is 8. The summed E-state index contributed by atoms with van der Waals surface area (Å²) in [5.41, 5.74) is 2.47. The second-order valence-electron chi connectivity index (χ2n) is 13.1. The van der Waals surface area contributed by atoms with Crippen molar-refractivity contribution in [1.29, 1.82) is 0 Å². The molecular formula is C30H49ClO2. The Kier molecular flexibility index (Phi) is 7.94. The highest BCUT2D eigenvalue weighted by Gasteiger charge is 2.59. The standard InChI is InChI=1S/C30H49ClO2/c1-20(2)7-6-8-21(3)25-11-12-26-24-10-9-22-19-23(33-28(32)15-18-31)13-16-29(22,4)27(24)14-17-30(25,26)5/h9,20-21,23-27H,6-8,10-19H2,1-5H3. The summed E-state index contributed by atoms with van der Waals surface area (Å²) in [7, 11) is 0. The van der Waals surface area contributed by atoms with Gasteiger partial charge < -0.3 is 4.74 Å². The highest BCUT2D eigenvalue weighted by molar-refractivity contribution is 6.18. The first-order valence-electron chi connectivity index (χ1n) is 14.1. The molecule has 0 aliphatic heterocycles. The molecule has 3 heteroatoms. The Morgan fingerprint density at radius 1 is 1.09 bits per heavy atom. The van der Waals surface area contributed by atoms with Crippen molar-refractivity contribution in [3.63, 3.8) is 0 Å². The van der Waals surface area contributed by atoms with Crippen LogP contribution in [-0.4, -0.2) is 18.0 Å². The number of allylic oxidation sites excluding steroid dienone is 1. The number of alkyl halides is 1. The third-order valence-corrected chi connectivity index (χ3v) is 11.0. The molecule has 4 rings (SSSR count). The average Bonchev–Trinajstić information content (AvgIpc) is 3.11. The molecule has 188 valence electrons. The molecule has 8 unspecified atom stereocenters. The van der Waals surface area contributed by atoms with Gasteiger partial charge in [-0.2, -0.15) is 0 Å². The van der Waals surface area contributed by atoms with Crippen molar-refractivity contribution >= 4 is 17.6 Å². The van der Waals surface area contributed by atoms with Crippen molar-refractivity contribution in [2.24, 2.45) is 46.3 Å². The van der Waals surface area contributed by atoms with Gasteiger partial charge in [-0.25, -0.2) is 0 Å². The number of hydrogen-bond donors (Lipinski definition) is 0. The topological polar surface area (TPSA) is 26.3 Å². The first kappa shape index (κ1) is 25.6. The number of ether oxygens (including phenoxy) is 1. The zero-order chi connectivity index (χ0) is 23.8. The maximum atomic E-state index is 12.0. The molecule has 0 amide bonds. The Morgan fingerprint density at radius 2 is 1.88 bits per heavy atom. The molecule has 3 fully saturated rings. The van der Waals surface area contributed by atoms with Crippen LogP contribution in [0.1, 0.15) is 112 Å². The maximum absolute atomic E-state index is 12.0. The zero-order valence-corrected chi connectivity index (χ0v) is 22.8. The van der Waals surface area contributed by atoms with Crippen molar-refractivity contribution in [3.05, 3.63) is 11.6 Å². The van der Waals surface area contributed by atoms with Gasteiger partial charge >= 0.3 is 5.97 Å². The minimum Gasteiger partial charge on any atom is -0.462 e. The molecule has 4 aliphatic rings. The first-order chi connectivity index (χ1) is 15.7. The van der Waals surface area contributed by atoms with Gasteiger partial charge in [-0.05, 0) is 91.3 Å². The van der Waals surface area contributed by atoms with Crippen LogP contribution in [0, 0.1) is 46.3 Å². The van der Waals surface area contributed by atoms with Gasteiger partial charge in [0.05, 0.1) is 6.42 Å². The van der Waals surface area contributed by atoms with E-state index in [0.29, 0.717) is 23.1 Å². The van der Waals surface area contributed by atoms with Gasteiger partial charge in [0, 0.05) is 12.3 Å². The van der Waals surface area contributed by atoms with E-state index >= 15 is 0 Å². The second-order valence-corrected chi connectivity index (χ2v) is 13.5. The summed E-state index contributed by atoms with van der Waals surface area (Å²) >= 11 is 5.73. The molecule has 0 aromatic carbocycles. The molecule has 0 aromatic heterocycles. The van der Waals surface area contributed by atoms with E-state index in [9.17, 15) is 4.79 Å². The molecule has 0 N–H and O–H groups in total. The third-order valence-electron chi connectivity index (χ3n) is 10.9. The van der Waals surface area contributed by atoms with Crippen LogP contribution in [0.3, 0.4) is 0 Å². The van der Waals surface area contributed by atoms with Gasteiger partial charge in [0.1, 0.15) is 6.10 Å². The summed E-state index contributed by atoms with van der Waals surface area (Å²) in [6.45, 7) is 12.5. The van der Waals surface area contributed by atoms with Gasteiger partial charge in [-0.15, -0.1) is 11.6 Å². The van der Waals surface area contributed by atoms with E-state index in [-0.39, 0.29) is 12.1 Å². The van der Waals surface area contributed by atoms with Crippen molar-refractivity contribution in [3.8, 4) is 0 Å². The molecule has 0 saturated heterocycles. The number of fused-ring (bicyclic) bond motifs is 5. The Morgan fingerprint density at radius 3 is 2.61 bits per heavy atom. The molecule has 4 aliphatic carbocycles. The Hall–Kier alpha value is -0.500. The molecule has 2 nitrogen and oxygen atoms in total. The van der Waals surface area contributed by atoms with E-state index in [0.717, 1.165) is 48.3 Å². The summed E-state index contributed by atoms with van der Waals surface area (Å²) < 4.78 is 5.77. The van der Waals surface area contributed by atoms with Crippen LogP contribution in [-0.2, 0) is 9.53 Å². The van der Waals surface area contributed by atoms with Gasteiger partial charge in [-0.3, -0.25) is 4.79 Å². The van der Waals surface area contributed by atoms with E-state index < -0.39 is 0 Å². The maximum Gasteiger partial charge on any atom is 0.307 e. The fourth-order valence-corrected chi connectivity index (χ4v) is 9.23. The minimum absolute atomic E-state index is 0.0630. The van der Waals surface area contributed by atoms with Gasteiger partial charge in [-0.1, -0.05) is 65.5 Å². The number of halogens is 1. The predicted octanol–water partition coefficient (Wildman–Crippen LogP) is 8.57. The Balaban J connectivity index is 1.43. The lowest BCUT2D eigenvalue weighted by atomic mass is 9.47. The van der Waals surface area contributed by atoms with Crippen LogP contribution in [0.25, 0.3) is 0 Å². The van der Waals surface area contributed by atoms with Gasteiger partial charge in [0.2, 0.25) is 0 Å². The number of carbonyl (C=O) groups is 1. The zero-order valence-electron chi connectivity index (χ0n) is 22.0. The van der Waals surface area contributed by atoms with E-state index in [1.807, 2.05) is 0 Å². The van der Waals surface area contributed by atoms with Gasteiger partial charge in [0.15, 0.2) is 0 Å². The van der Waals surface area contributed by atoms with Crippen molar-refractivity contribution in [2.75, 3.05) is 5.88 Å². The fourth-order valence-electron chi connectivity index (χ4n) is 9.07. The minimum atomic E-state index is -0.124. The van der Waals surface area contributed by atoms with Crippen LogP contribution in [0.5, 0.6) is 0 Å². The van der Waals surface area contributed by atoms with Crippen molar-refractivity contribution in [1.82, 2.24) is 0 Å². The van der Waals surface area contributed by atoms with Crippen LogP contribution in [0.4, 0.5) is 0 Å². The van der Waals surface area contributed by atoms with Crippen molar-refractivity contribution in [2.45, 2.75) is 118 Å². The number of esters is 1. The number of hydrogen-bond acceptors (Lipinski definition) is 2. The normalized spacial score (nSPS) is 41.1. The third kappa shape index (κ3) is 4.94. The second kappa shape index (κ2) is 10.2. The smallest absolute Gasteiger partial charge is 0.307 e. The highest BCUT2D eigenvalue weighted by Crippen LogP contribution is 2.67. The first-order valence-corrected chi connectivity index (χ1v) is 14.7. The molecule has 33 heavy (non-hydrogen) atoms. The quantitative estimate of drug-likeness (QED) is 0.199. The monoisotopic (exact) mass is 476 g/mol. The molecule has 0 aromatic rings. The van der Waals surface area contributed by atoms with Crippen LogP contribution in [0.15, 0.2) is 11.6 Å². The average molecular weight is 477 g/mol. The summed E-state index contributed by atoms with van der Waals surface area (Å²) in [5, 5.41) is 0. The lowest BCUT2D eigenvalue weighted by molar-refractivity contribution is -0.151. The number of carbonyl (C=O) groups excluding carboxylic acids is 1. The molecule has 0 bridgehead atoms. The highest BCUT2D eigenvalue weighted by atomic mass is 35.5. The molecule has 0 radical (unpaired) electrons. The summed E-state index contributed by atoms with van der Waals surface area (Å²) in [5.74, 6) is 5.45. The lowest BCUT2D eigenvalue weighted by Gasteiger charge is -2.58. The molecule has 0 heterocycles. The van der Waals surface area contributed by atoms with Crippen LogP contribution >= 0.6 is 11.6 Å². The summed E-state index contributed by atoms with van der Waals surface area (Å²) in [4.78, 5) is 12.0. The summed E-state index contributed by atoms with van der Waals surface area (Å²) in [6, 6.07) is 0. The molecule has 3 saturated carbocycles. The van der Waals surface area contributed by atoms with Gasteiger partial charge in [0.25, 0.3) is 0 Å².